The van der Waals surface area contributed by atoms with Crippen molar-refractivity contribution in [3.8, 4) is 0 Å². The fourth-order valence-electron chi connectivity index (χ4n) is 4.87. The molecule has 6 heteroatoms. The molecule has 1 aromatic carbocycles. The van der Waals surface area contributed by atoms with Crippen LogP contribution in [0.25, 0.3) is 0 Å². The Morgan fingerprint density at radius 3 is 2.41 bits per heavy atom. The van der Waals surface area contributed by atoms with Crippen molar-refractivity contribution in [1.29, 1.82) is 0 Å². The van der Waals surface area contributed by atoms with Gasteiger partial charge in [0.2, 0.25) is 0 Å². The number of rotatable bonds is 5. The third kappa shape index (κ3) is 3.99. The van der Waals surface area contributed by atoms with Crippen molar-refractivity contribution in [2.24, 2.45) is 0 Å². The zero-order valence-corrected chi connectivity index (χ0v) is 20.8. The highest BCUT2D eigenvalue weighted by atomic mass is 32.1. The van der Waals surface area contributed by atoms with E-state index in [1.54, 1.807) is 0 Å². The zero-order valence-electron chi connectivity index (χ0n) is 20.0. The van der Waals surface area contributed by atoms with Crippen LogP contribution in [0.1, 0.15) is 51.4 Å². The van der Waals surface area contributed by atoms with Gasteiger partial charge in [-0.2, -0.15) is 0 Å². The predicted molar refractivity (Wildman–Crippen MR) is 141 cm³/mol. The molecular weight excluding hydrogens is 438 g/mol. The van der Waals surface area contributed by atoms with Crippen LogP contribution in [0.3, 0.4) is 0 Å². The molecule has 1 fully saturated rings. The van der Waals surface area contributed by atoms with Crippen molar-refractivity contribution in [3.05, 3.63) is 113 Å². The largest absolute Gasteiger partial charge is 0.351 e. The Bertz CT molecular complexity index is 1330. The maximum Gasteiger partial charge on any atom is 0.174 e. The van der Waals surface area contributed by atoms with Crippen LogP contribution in [0.4, 0.5) is 5.69 Å². The van der Waals surface area contributed by atoms with Crippen molar-refractivity contribution < 1.29 is 0 Å². The van der Waals surface area contributed by atoms with Gasteiger partial charge in [-0.3, -0.25) is 9.97 Å². The Hall–Kier alpha value is -3.51. The fourth-order valence-corrected chi connectivity index (χ4v) is 5.21. The summed E-state index contributed by atoms with van der Waals surface area (Å²) in [4.78, 5) is 11.1. The summed E-state index contributed by atoms with van der Waals surface area (Å²) >= 11 is 5.91. The molecule has 0 unspecified atom stereocenters. The SMILES string of the molecule is Cc1ccc(N2C(=S)N[C@H](c3ccccn3)[C@H]2c2cc(C)n(Cc3ccncc3)c2C)cc1C. The second-order valence-electron chi connectivity index (χ2n) is 9.03. The van der Waals surface area contributed by atoms with Crippen molar-refractivity contribution in [1.82, 2.24) is 19.9 Å². The van der Waals surface area contributed by atoms with Crippen LogP contribution in [-0.4, -0.2) is 19.6 Å². The molecule has 5 rings (SSSR count). The van der Waals surface area contributed by atoms with E-state index in [0.717, 1.165) is 23.0 Å². The zero-order chi connectivity index (χ0) is 23.8. The first-order valence-electron chi connectivity index (χ1n) is 11.6. The molecule has 0 spiro atoms. The second kappa shape index (κ2) is 9.03. The average Bonchev–Trinajstić information content (AvgIpc) is 3.33. The highest BCUT2D eigenvalue weighted by molar-refractivity contribution is 7.80. The number of anilines is 1. The first-order valence-corrected chi connectivity index (χ1v) is 12.0. The van der Waals surface area contributed by atoms with E-state index in [4.69, 9.17) is 17.2 Å². The highest BCUT2D eigenvalue weighted by Gasteiger charge is 2.42. The summed E-state index contributed by atoms with van der Waals surface area (Å²) in [5.74, 6) is 0. The van der Waals surface area contributed by atoms with E-state index in [1.165, 1.54) is 33.6 Å². The summed E-state index contributed by atoms with van der Waals surface area (Å²) in [5, 5.41) is 4.31. The molecule has 0 aliphatic carbocycles. The average molecular weight is 468 g/mol. The number of hydrogen-bond donors (Lipinski definition) is 1. The van der Waals surface area contributed by atoms with Gasteiger partial charge in [0.1, 0.15) is 0 Å². The first kappa shape index (κ1) is 22.3. The fraction of sp³-hybridized carbons (Fsp3) is 0.250. The van der Waals surface area contributed by atoms with Crippen molar-refractivity contribution >= 4 is 23.0 Å². The van der Waals surface area contributed by atoms with E-state index in [-0.39, 0.29) is 12.1 Å². The van der Waals surface area contributed by atoms with Crippen molar-refractivity contribution in [3.63, 3.8) is 0 Å². The van der Waals surface area contributed by atoms with E-state index < -0.39 is 0 Å². The molecule has 5 nitrogen and oxygen atoms in total. The maximum absolute atomic E-state index is 5.91. The molecule has 172 valence electrons. The van der Waals surface area contributed by atoms with Gasteiger partial charge in [0.25, 0.3) is 0 Å². The lowest BCUT2D eigenvalue weighted by atomic mass is 9.96. The third-order valence-electron chi connectivity index (χ3n) is 6.89. The molecule has 0 bridgehead atoms. The Kier molecular flexibility index (Phi) is 5.92. The van der Waals surface area contributed by atoms with E-state index in [0.29, 0.717) is 0 Å². The van der Waals surface area contributed by atoms with Gasteiger partial charge in [-0.1, -0.05) is 12.1 Å². The summed E-state index contributed by atoms with van der Waals surface area (Å²) in [7, 11) is 0. The van der Waals surface area contributed by atoms with E-state index >= 15 is 0 Å². The van der Waals surface area contributed by atoms with Gasteiger partial charge in [0.15, 0.2) is 5.11 Å². The van der Waals surface area contributed by atoms with Crippen molar-refractivity contribution in [2.45, 2.75) is 46.3 Å². The van der Waals surface area contributed by atoms with Gasteiger partial charge in [-0.05, 0) is 105 Å². The van der Waals surface area contributed by atoms with Crippen LogP contribution in [0.5, 0.6) is 0 Å². The van der Waals surface area contributed by atoms with Gasteiger partial charge in [-0.25, -0.2) is 0 Å². The molecule has 3 aromatic heterocycles. The summed E-state index contributed by atoms with van der Waals surface area (Å²) in [5.41, 5.74) is 9.56. The smallest absolute Gasteiger partial charge is 0.174 e. The Morgan fingerprint density at radius 1 is 0.912 bits per heavy atom. The Morgan fingerprint density at radius 2 is 1.71 bits per heavy atom. The molecule has 0 amide bonds. The summed E-state index contributed by atoms with van der Waals surface area (Å²) in [6.07, 6.45) is 5.55. The highest BCUT2D eigenvalue weighted by Crippen LogP contribution is 2.43. The standard InChI is InChI=1S/C28H29N5S/c1-18-8-9-23(15-19(18)2)33-27(26(31-28(33)34)25-7-5-6-12-30-25)24-16-20(3)32(21(24)4)17-22-10-13-29-14-11-22/h5-16,26-27H,17H2,1-4H3,(H,31,34)/t26-,27-/m1/s1. The molecule has 4 heterocycles. The van der Waals surface area contributed by atoms with Crippen LogP contribution in [0, 0.1) is 27.7 Å². The predicted octanol–water partition coefficient (Wildman–Crippen LogP) is 5.74. The van der Waals surface area contributed by atoms with E-state index in [2.05, 4.69) is 89.9 Å². The van der Waals surface area contributed by atoms with Crippen molar-refractivity contribution in [2.75, 3.05) is 4.90 Å². The molecule has 4 aromatic rings. The van der Waals surface area contributed by atoms with E-state index in [1.807, 2.05) is 30.7 Å². The maximum atomic E-state index is 5.91. The Labute approximate surface area is 206 Å². The van der Waals surface area contributed by atoms with Gasteiger partial charge in [-0.15, -0.1) is 0 Å². The molecule has 34 heavy (non-hydrogen) atoms. The molecule has 0 saturated carbocycles. The number of nitrogens with one attached hydrogen (secondary N) is 1. The van der Waals surface area contributed by atoms with Gasteiger partial charge in [0.05, 0.1) is 17.8 Å². The van der Waals surface area contributed by atoms with Crippen LogP contribution >= 0.6 is 12.2 Å². The van der Waals surface area contributed by atoms with Crippen LogP contribution in [-0.2, 0) is 6.54 Å². The summed E-state index contributed by atoms with van der Waals surface area (Å²) in [6, 6.07) is 19.0. The molecule has 0 radical (unpaired) electrons. The number of nitrogens with zero attached hydrogens (tertiary/aromatic N) is 4. The van der Waals surface area contributed by atoms with Gasteiger partial charge >= 0.3 is 0 Å². The summed E-state index contributed by atoms with van der Waals surface area (Å²) < 4.78 is 2.38. The molecule has 2 atom stereocenters. The quantitative estimate of drug-likeness (QED) is 0.380. The second-order valence-corrected chi connectivity index (χ2v) is 9.42. The van der Waals surface area contributed by atoms with Crippen LogP contribution < -0.4 is 10.2 Å². The minimum Gasteiger partial charge on any atom is -0.351 e. The number of thiocarbonyl (C=S) groups is 1. The minimum absolute atomic E-state index is 0.0121. The van der Waals surface area contributed by atoms with Gasteiger partial charge in [0, 0.05) is 42.2 Å². The number of pyridine rings is 2. The molecular formula is C28H29N5S. The lowest BCUT2D eigenvalue weighted by molar-refractivity contribution is 0.563. The minimum atomic E-state index is -0.0508. The van der Waals surface area contributed by atoms with Crippen LogP contribution in [0.2, 0.25) is 0 Å². The summed E-state index contributed by atoms with van der Waals surface area (Å²) in [6.45, 7) is 9.48. The lowest BCUT2D eigenvalue weighted by Gasteiger charge is -2.28. The van der Waals surface area contributed by atoms with Gasteiger partial charge < -0.3 is 14.8 Å². The molecule has 1 N–H and O–H groups in total. The van der Waals surface area contributed by atoms with Crippen LogP contribution in [0.15, 0.2) is 73.2 Å². The molecule has 1 aliphatic heterocycles. The lowest BCUT2D eigenvalue weighted by Crippen LogP contribution is -2.29. The number of hydrogen-bond acceptors (Lipinski definition) is 3. The molecule has 1 saturated heterocycles. The number of aryl methyl sites for hydroxylation is 3. The van der Waals surface area contributed by atoms with E-state index in [9.17, 15) is 0 Å². The topological polar surface area (TPSA) is 46.0 Å². The number of aromatic nitrogens is 3. The molecule has 1 aliphatic rings. The number of benzene rings is 1. The monoisotopic (exact) mass is 467 g/mol. The Balaban J connectivity index is 1.63. The third-order valence-corrected chi connectivity index (χ3v) is 7.20. The normalized spacial score (nSPS) is 17.8. The first-order chi connectivity index (χ1) is 16.4.